The highest BCUT2D eigenvalue weighted by Gasteiger charge is 2.30. The van der Waals surface area contributed by atoms with Crippen molar-refractivity contribution in [3.63, 3.8) is 0 Å². The Morgan fingerprint density at radius 2 is 2.27 bits per heavy atom. The van der Waals surface area contributed by atoms with Gasteiger partial charge in [0.15, 0.2) is 0 Å². The third-order valence-electron chi connectivity index (χ3n) is 2.10. The summed E-state index contributed by atoms with van der Waals surface area (Å²) in [5, 5.41) is 0. The molecule has 0 aromatic heterocycles. The van der Waals surface area contributed by atoms with Gasteiger partial charge in [-0.15, -0.1) is 11.6 Å². The van der Waals surface area contributed by atoms with Gasteiger partial charge in [0, 0.05) is 26.5 Å². The molecule has 1 saturated heterocycles. The molecule has 1 heterocycles. The molecule has 0 aromatic rings. The maximum Gasteiger partial charge on any atom is 0.319 e. The summed E-state index contributed by atoms with van der Waals surface area (Å²) in [5.74, 6) is 0.621. The second kappa shape index (κ2) is 3.30. The van der Waals surface area contributed by atoms with E-state index in [9.17, 15) is 4.79 Å². The number of likely N-dealkylation sites (N-methyl/N-ethyl adjacent to an activating group) is 2. The predicted octanol–water partition coefficient (Wildman–Crippen LogP) is 0.981. The smallest absolute Gasteiger partial charge is 0.319 e. The molecular weight excluding hydrogens is 164 g/mol. The molecule has 1 fully saturated rings. The van der Waals surface area contributed by atoms with Gasteiger partial charge in [0.1, 0.15) is 0 Å². The van der Waals surface area contributed by atoms with Crippen molar-refractivity contribution in [1.29, 1.82) is 0 Å². The second-order valence-electron chi connectivity index (χ2n) is 2.91. The highest BCUT2D eigenvalue weighted by molar-refractivity contribution is 6.17. The van der Waals surface area contributed by atoms with Gasteiger partial charge in [0.05, 0.1) is 6.04 Å². The van der Waals surface area contributed by atoms with Gasteiger partial charge >= 0.3 is 6.03 Å². The molecule has 0 aliphatic carbocycles. The van der Waals surface area contributed by atoms with E-state index in [1.165, 1.54) is 0 Å². The highest BCUT2D eigenvalue weighted by atomic mass is 35.5. The minimum absolute atomic E-state index is 0.0973. The molecule has 0 radical (unpaired) electrons. The maximum atomic E-state index is 11.2. The van der Waals surface area contributed by atoms with Crippen LogP contribution in [0.1, 0.15) is 6.42 Å². The molecule has 1 aliphatic rings. The summed E-state index contributed by atoms with van der Waals surface area (Å²) in [5.41, 5.74) is 0. The summed E-state index contributed by atoms with van der Waals surface area (Å²) in [6.07, 6.45) is 0.883. The Kier molecular flexibility index (Phi) is 2.60. The molecule has 64 valence electrons. The van der Waals surface area contributed by atoms with Gasteiger partial charge in [-0.3, -0.25) is 0 Å². The molecule has 1 atom stereocenters. The lowest BCUT2D eigenvalue weighted by Crippen LogP contribution is -2.30. The van der Waals surface area contributed by atoms with Crippen LogP contribution < -0.4 is 0 Å². The molecule has 3 nitrogen and oxygen atoms in total. The van der Waals surface area contributed by atoms with Gasteiger partial charge < -0.3 is 9.80 Å². The van der Waals surface area contributed by atoms with E-state index in [0.29, 0.717) is 11.9 Å². The van der Waals surface area contributed by atoms with Crippen LogP contribution in [-0.2, 0) is 0 Å². The lowest BCUT2D eigenvalue weighted by molar-refractivity contribution is 0.201. The van der Waals surface area contributed by atoms with E-state index in [4.69, 9.17) is 11.6 Å². The Balaban J connectivity index is 2.52. The van der Waals surface area contributed by atoms with Gasteiger partial charge in [0.2, 0.25) is 0 Å². The molecule has 1 aliphatic heterocycles. The van der Waals surface area contributed by atoms with Crippen LogP contribution in [0.2, 0.25) is 0 Å². The van der Waals surface area contributed by atoms with Gasteiger partial charge in [-0.25, -0.2) is 4.79 Å². The van der Waals surface area contributed by atoms with E-state index in [1.54, 1.807) is 9.80 Å². The molecule has 0 N–H and O–H groups in total. The van der Waals surface area contributed by atoms with Crippen LogP contribution in [0.15, 0.2) is 0 Å². The summed E-state index contributed by atoms with van der Waals surface area (Å²) in [7, 11) is 3.64. The number of rotatable bonds is 2. The average molecular weight is 177 g/mol. The SMILES string of the molecule is CN1CC(CCCl)N(C)C1=O. The van der Waals surface area contributed by atoms with Crippen molar-refractivity contribution in [1.82, 2.24) is 9.80 Å². The first-order valence-corrected chi connectivity index (χ1v) is 4.24. The zero-order valence-corrected chi connectivity index (χ0v) is 7.64. The molecule has 4 heteroatoms. The lowest BCUT2D eigenvalue weighted by Gasteiger charge is -2.15. The third kappa shape index (κ3) is 1.59. The summed E-state index contributed by atoms with van der Waals surface area (Å²) < 4.78 is 0. The first kappa shape index (κ1) is 8.65. The quantitative estimate of drug-likeness (QED) is 0.576. The van der Waals surface area contributed by atoms with Crippen LogP contribution in [0.25, 0.3) is 0 Å². The maximum absolute atomic E-state index is 11.2. The molecule has 0 aromatic carbocycles. The van der Waals surface area contributed by atoms with Crippen molar-refractivity contribution < 1.29 is 4.79 Å². The number of amides is 2. The number of carbonyl (C=O) groups is 1. The van der Waals surface area contributed by atoms with Crippen LogP contribution in [0, 0.1) is 0 Å². The van der Waals surface area contributed by atoms with Crippen LogP contribution >= 0.6 is 11.6 Å². The van der Waals surface area contributed by atoms with E-state index in [1.807, 2.05) is 14.1 Å². The number of hydrogen-bond acceptors (Lipinski definition) is 1. The fourth-order valence-corrected chi connectivity index (χ4v) is 1.60. The van der Waals surface area contributed by atoms with E-state index < -0.39 is 0 Å². The largest absolute Gasteiger partial charge is 0.326 e. The van der Waals surface area contributed by atoms with Crippen LogP contribution in [0.5, 0.6) is 0 Å². The van der Waals surface area contributed by atoms with Crippen molar-refractivity contribution in [3.05, 3.63) is 0 Å². The number of urea groups is 1. The predicted molar refractivity (Wildman–Crippen MR) is 44.9 cm³/mol. The van der Waals surface area contributed by atoms with Gasteiger partial charge in [-0.2, -0.15) is 0 Å². The number of carbonyl (C=O) groups excluding carboxylic acids is 1. The Hall–Kier alpha value is -0.440. The summed E-state index contributed by atoms with van der Waals surface area (Å²) >= 11 is 5.59. The van der Waals surface area contributed by atoms with E-state index in [-0.39, 0.29) is 6.03 Å². The third-order valence-corrected chi connectivity index (χ3v) is 2.32. The summed E-state index contributed by atoms with van der Waals surface area (Å²) in [6, 6.07) is 0.408. The molecule has 1 unspecified atom stereocenters. The van der Waals surface area contributed by atoms with Crippen molar-refractivity contribution in [2.45, 2.75) is 12.5 Å². The molecule has 2 amide bonds. The van der Waals surface area contributed by atoms with Crippen molar-refractivity contribution in [2.24, 2.45) is 0 Å². The molecule has 1 rings (SSSR count). The van der Waals surface area contributed by atoms with Crippen LogP contribution in [0.3, 0.4) is 0 Å². The number of alkyl halides is 1. The fraction of sp³-hybridized carbons (Fsp3) is 0.857. The Morgan fingerprint density at radius 1 is 1.64 bits per heavy atom. The van der Waals surface area contributed by atoms with Gasteiger partial charge in [-0.05, 0) is 6.42 Å². The molecule has 11 heavy (non-hydrogen) atoms. The minimum Gasteiger partial charge on any atom is -0.326 e. The molecular formula is C7H13ClN2O. The van der Waals surface area contributed by atoms with E-state index in [0.717, 1.165) is 13.0 Å². The summed E-state index contributed by atoms with van der Waals surface area (Å²) in [6.45, 7) is 0.808. The molecule has 0 spiro atoms. The summed E-state index contributed by atoms with van der Waals surface area (Å²) in [4.78, 5) is 14.7. The minimum atomic E-state index is 0.0973. The first-order chi connectivity index (χ1) is 5.16. The van der Waals surface area contributed by atoms with Gasteiger partial charge in [-0.1, -0.05) is 0 Å². The van der Waals surface area contributed by atoms with E-state index >= 15 is 0 Å². The standard InChI is InChI=1S/C7H13ClN2O/c1-9-5-6(3-4-8)10(2)7(9)11/h6H,3-5H2,1-2H3. The lowest BCUT2D eigenvalue weighted by atomic mass is 10.2. The van der Waals surface area contributed by atoms with Crippen molar-refractivity contribution in [2.75, 3.05) is 26.5 Å². The van der Waals surface area contributed by atoms with Crippen LogP contribution in [0.4, 0.5) is 4.79 Å². The van der Waals surface area contributed by atoms with Crippen LogP contribution in [-0.4, -0.2) is 48.4 Å². The Morgan fingerprint density at radius 3 is 2.64 bits per heavy atom. The first-order valence-electron chi connectivity index (χ1n) is 3.70. The molecule has 0 saturated carbocycles. The monoisotopic (exact) mass is 176 g/mol. The zero-order valence-electron chi connectivity index (χ0n) is 6.88. The number of nitrogens with zero attached hydrogens (tertiary/aromatic N) is 2. The molecule has 0 bridgehead atoms. The number of hydrogen-bond donors (Lipinski definition) is 0. The Bertz CT molecular complexity index is 163. The van der Waals surface area contributed by atoms with Crippen molar-refractivity contribution in [3.8, 4) is 0 Å². The Labute approximate surface area is 71.9 Å². The highest BCUT2D eigenvalue weighted by Crippen LogP contribution is 2.14. The second-order valence-corrected chi connectivity index (χ2v) is 3.28. The average Bonchev–Trinajstić information content (AvgIpc) is 2.19. The van der Waals surface area contributed by atoms with Gasteiger partial charge in [0.25, 0.3) is 0 Å². The zero-order chi connectivity index (χ0) is 8.43. The topological polar surface area (TPSA) is 23.6 Å². The normalized spacial score (nSPS) is 25.0. The van der Waals surface area contributed by atoms with E-state index in [2.05, 4.69) is 0 Å². The van der Waals surface area contributed by atoms with Crippen molar-refractivity contribution >= 4 is 17.6 Å². The fourth-order valence-electron chi connectivity index (χ4n) is 1.35. The number of halogens is 1.